The van der Waals surface area contributed by atoms with Crippen LogP contribution >= 0.6 is 11.3 Å². The predicted octanol–water partition coefficient (Wildman–Crippen LogP) is 14.0. The fourth-order valence-electron chi connectivity index (χ4n) is 8.67. The first-order valence-electron chi connectivity index (χ1n) is 18.9. The van der Waals surface area contributed by atoms with Crippen molar-refractivity contribution in [3.63, 3.8) is 0 Å². The van der Waals surface area contributed by atoms with Crippen LogP contribution in [-0.2, 0) is 0 Å². The van der Waals surface area contributed by atoms with Crippen molar-refractivity contribution in [3.8, 4) is 45.3 Å². The summed E-state index contributed by atoms with van der Waals surface area (Å²) in [5.74, 6) is 1.96. The van der Waals surface area contributed by atoms with Crippen LogP contribution in [-0.4, -0.2) is 19.9 Å². The highest BCUT2D eigenvalue weighted by molar-refractivity contribution is 7.26. The number of hydrogen-bond acceptors (Lipinski definition) is 4. The maximum absolute atomic E-state index is 5.39. The van der Waals surface area contributed by atoms with Crippen LogP contribution in [0.15, 0.2) is 176 Å². The molecule has 0 saturated heterocycles. The summed E-state index contributed by atoms with van der Waals surface area (Å²) >= 11 is 1.79. The van der Waals surface area contributed by atoms with E-state index in [1.807, 2.05) is 0 Å². The molecule has 9 aromatic carbocycles. The Morgan fingerprint density at radius 1 is 0.357 bits per heavy atom. The van der Waals surface area contributed by atoms with Gasteiger partial charge in [-0.1, -0.05) is 146 Å². The number of H-pyrrole nitrogens is 1. The first kappa shape index (κ1) is 31.2. The van der Waals surface area contributed by atoms with Gasteiger partial charge in [0.2, 0.25) is 0 Å². The molecule has 0 aliphatic carbocycles. The van der Waals surface area contributed by atoms with E-state index >= 15 is 0 Å². The number of nitrogens with zero attached hydrogens (tertiary/aromatic N) is 3. The van der Waals surface area contributed by atoms with Crippen molar-refractivity contribution >= 4 is 85.6 Å². The fourth-order valence-corrected chi connectivity index (χ4v) is 9.88. The summed E-state index contributed by atoms with van der Waals surface area (Å²) in [6, 6.07) is 62.7. The van der Waals surface area contributed by atoms with E-state index in [1.165, 1.54) is 58.1 Å². The summed E-state index contributed by atoms with van der Waals surface area (Å²) in [5.41, 5.74) is 7.53. The highest BCUT2D eigenvalue weighted by atomic mass is 32.1. The van der Waals surface area contributed by atoms with E-state index in [0.29, 0.717) is 17.5 Å². The molecule has 12 aromatic rings. The van der Waals surface area contributed by atoms with Crippen LogP contribution in [0.25, 0.3) is 120 Å². The van der Waals surface area contributed by atoms with Gasteiger partial charge in [-0.15, -0.1) is 11.3 Å². The van der Waals surface area contributed by atoms with Crippen molar-refractivity contribution in [3.05, 3.63) is 176 Å². The zero-order valence-corrected chi connectivity index (χ0v) is 30.8. The second kappa shape index (κ2) is 12.2. The molecule has 0 saturated carbocycles. The molecular formula is C51H30N4S. The minimum atomic E-state index is 0.640. The highest BCUT2D eigenvalue weighted by Crippen LogP contribution is 2.42. The number of hydrogen-bond donors (Lipinski definition) is 1. The monoisotopic (exact) mass is 730 g/mol. The number of rotatable bonds is 4. The van der Waals surface area contributed by atoms with Gasteiger partial charge in [0.1, 0.15) is 0 Å². The van der Waals surface area contributed by atoms with Gasteiger partial charge < -0.3 is 4.98 Å². The zero-order valence-electron chi connectivity index (χ0n) is 30.0. The molecule has 0 amide bonds. The number of benzene rings is 9. The lowest BCUT2D eigenvalue weighted by molar-refractivity contribution is 1.08. The van der Waals surface area contributed by atoms with Crippen LogP contribution in [0.2, 0.25) is 0 Å². The smallest absolute Gasteiger partial charge is 0.165 e. The second-order valence-corrected chi connectivity index (χ2v) is 15.5. The Morgan fingerprint density at radius 2 is 0.982 bits per heavy atom. The molecule has 0 radical (unpaired) electrons. The molecule has 0 aliphatic rings. The molecule has 0 unspecified atom stereocenters. The predicted molar refractivity (Wildman–Crippen MR) is 236 cm³/mol. The molecule has 0 spiro atoms. The molecule has 12 rings (SSSR count). The summed E-state index contributed by atoms with van der Waals surface area (Å²) in [7, 11) is 0. The molecule has 56 heavy (non-hydrogen) atoms. The minimum Gasteiger partial charge on any atom is -0.354 e. The average Bonchev–Trinajstić information content (AvgIpc) is 3.85. The molecule has 3 aromatic heterocycles. The summed E-state index contributed by atoms with van der Waals surface area (Å²) in [6.07, 6.45) is 0. The molecular weight excluding hydrogens is 701 g/mol. The van der Waals surface area contributed by atoms with E-state index in [2.05, 4.69) is 181 Å². The topological polar surface area (TPSA) is 54.5 Å². The molecule has 5 heteroatoms. The van der Waals surface area contributed by atoms with Gasteiger partial charge in [-0.2, -0.15) is 0 Å². The van der Waals surface area contributed by atoms with Crippen LogP contribution in [0.3, 0.4) is 0 Å². The van der Waals surface area contributed by atoms with Crippen LogP contribution in [0.5, 0.6) is 0 Å². The number of nitrogens with one attached hydrogen (secondary N) is 1. The molecule has 4 nitrogen and oxygen atoms in total. The number of thiophene rings is 1. The molecule has 3 heterocycles. The Balaban J connectivity index is 1.11. The first-order valence-corrected chi connectivity index (χ1v) is 19.7. The summed E-state index contributed by atoms with van der Waals surface area (Å²) in [5, 5.41) is 12.0. The van der Waals surface area contributed by atoms with Gasteiger partial charge in [0.15, 0.2) is 17.5 Å². The summed E-state index contributed by atoms with van der Waals surface area (Å²) in [4.78, 5) is 19.6. The Bertz CT molecular complexity index is 3540. The Hall–Kier alpha value is -7.21. The van der Waals surface area contributed by atoms with E-state index in [-0.39, 0.29) is 0 Å². The van der Waals surface area contributed by atoms with Crippen LogP contribution in [0, 0.1) is 0 Å². The van der Waals surface area contributed by atoms with Gasteiger partial charge in [0.05, 0.1) is 0 Å². The number of aromatic nitrogens is 4. The molecule has 1 N–H and O–H groups in total. The van der Waals surface area contributed by atoms with Gasteiger partial charge in [0.25, 0.3) is 0 Å². The first-order chi connectivity index (χ1) is 27.7. The zero-order chi connectivity index (χ0) is 36.7. The molecule has 0 fully saturated rings. The van der Waals surface area contributed by atoms with Gasteiger partial charge in [-0.05, 0) is 68.4 Å². The molecule has 0 atom stereocenters. The van der Waals surface area contributed by atoms with E-state index < -0.39 is 0 Å². The van der Waals surface area contributed by atoms with Gasteiger partial charge >= 0.3 is 0 Å². The van der Waals surface area contributed by atoms with Crippen LogP contribution in [0.4, 0.5) is 0 Å². The number of fused-ring (bicyclic) bond motifs is 11. The SMILES string of the molecule is c1ccc2c(c1)cc(-c1nc(-c3ccc(-c4cccc5[nH]c6ccccc6c45)cc3)nc(-c3cccc4c3sc3ccccc34)n1)c1c3ccccc3ccc21. The van der Waals surface area contributed by atoms with Crippen molar-refractivity contribution in [2.24, 2.45) is 0 Å². The molecule has 0 bridgehead atoms. The van der Waals surface area contributed by atoms with E-state index in [4.69, 9.17) is 15.0 Å². The van der Waals surface area contributed by atoms with E-state index in [9.17, 15) is 0 Å². The van der Waals surface area contributed by atoms with Crippen molar-refractivity contribution in [2.45, 2.75) is 0 Å². The fraction of sp³-hybridized carbons (Fsp3) is 0. The van der Waals surface area contributed by atoms with Crippen molar-refractivity contribution < 1.29 is 0 Å². The van der Waals surface area contributed by atoms with Crippen LogP contribution < -0.4 is 0 Å². The van der Waals surface area contributed by atoms with Crippen molar-refractivity contribution in [2.75, 3.05) is 0 Å². The third kappa shape index (κ3) is 4.75. The number of para-hydroxylation sites is 1. The summed E-state index contributed by atoms with van der Waals surface area (Å²) < 4.78 is 2.42. The Kier molecular flexibility index (Phi) is 6.76. The van der Waals surface area contributed by atoms with E-state index in [1.54, 1.807) is 11.3 Å². The van der Waals surface area contributed by atoms with Gasteiger partial charge in [-0.25, -0.2) is 15.0 Å². The summed E-state index contributed by atoms with van der Waals surface area (Å²) in [6.45, 7) is 0. The largest absolute Gasteiger partial charge is 0.354 e. The second-order valence-electron chi connectivity index (χ2n) is 14.4. The quantitative estimate of drug-likeness (QED) is 0.183. The number of aromatic amines is 1. The standard InChI is InChI=1S/C51H30N4S/c1-4-14-35-30(11-1)27-28-38-34-13-3-2-12-33(34)29-42(46(35)38)51-54-49(53-50(55-51)41-19-9-18-39-37-15-6-8-22-45(37)56-48(39)41)32-25-23-31(24-26-32)36-17-10-21-44-47(36)40-16-5-7-20-43(40)52-44/h1-29,52H. The normalized spacial score (nSPS) is 11.9. The lowest BCUT2D eigenvalue weighted by Gasteiger charge is -2.15. The lowest BCUT2D eigenvalue weighted by atomic mass is 9.92. The highest BCUT2D eigenvalue weighted by Gasteiger charge is 2.20. The average molecular weight is 731 g/mol. The van der Waals surface area contributed by atoms with Gasteiger partial charge in [0, 0.05) is 64.1 Å². The Morgan fingerprint density at radius 3 is 1.86 bits per heavy atom. The van der Waals surface area contributed by atoms with Crippen molar-refractivity contribution in [1.29, 1.82) is 0 Å². The Labute approximate surface area is 325 Å². The minimum absolute atomic E-state index is 0.640. The third-order valence-corrected chi connectivity index (χ3v) is 12.5. The van der Waals surface area contributed by atoms with Crippen LogP contribution in [0.1, 0.15) is 0 Å². The maximum atomic E-state index is 5.39. The van der Waals surface area contributed by atoms with Gasteiger partial charge in [-0.3, -0.25) is 0 Å². The lowest BCUT2D eigenvalue weighted by Crippen LogP contribution is -2.01. The molecule has 260 valence electrons. The molecule has 0 aliphatic heterocycles. The van der Waals surface area contributed by atoms with E-state index in [0.717, 1.165) is 44.1 Å². The maximum Gasteiger partial charge on any atom is 0.165 e. The third-order valence-electron chi connectivity index (χ3n) is 11.3. The van der Waals surface area contributed by atoms with Crippen molar-refractivity contribution in [1.82, 2.24) is 19.9 Å².